The van der Waals surface area contributed by atoms with Crippen LogP contribution in [0.3, 0.4) is 0 Å². The molecule has 0 atom stereocenters. The summed E-state index contributed by atoms with van der Waals surface area (Å²) in [6, 6.07) is 5.83. The van der Waals surface area contributed by atoms with E-state index in [0.717, 1.165) is 25.9 Å². The zero-order valence-corrected chi connectivity index (χ0v) is 14.4. The van der Waals surface area contributed by atoms with Gasteiger partial charge in [-0.2, -0.15) is 0 Å². The Morgan fingerprint density at radius 3 is 2.20 bits per heavy atom. The molecule has 3 rings (SSSR count). The molecule has 0 saturated carbocycles. The third kappa shape index (κ3) is 3.14. The molecule has 7 nitrogen and oxygen atoms in total. The number of non-ortho nitro benzene ring substituents is 1. The molecular weight excluding hydrogens is 322 g/mol. The molecular formula is C18H21N3O4. The fraction of sp³-hybridized carbons (Fsp3) is 0.444. The van der Waals surface area contributed by atoms with Crippen LogP contribution in [-0.4, -0.2) is 46.2 Å². The molecule has 2 amide bonds. The Morgan fingerprint density at radius 2 is 1.68 bits per heavy atom. The maximum atomic E-state index is 12.9. The molecule has 0 N–H and O–H groups in total. The van der Waals surface area contributed by atoms with Gasteiger partial charge in [0, 0.05) is 31.8 Å². The van der Waals surface area contributed by atoms with E-state index in [9.17, 15) is 19.7 Å². The molecule has 25 heavy (non-hydrogen) atoms. The highest BCUT2D eigenvalue weighted by atomic mass is 16.6. The van der Waals surface area contributed by atoms with Gasteiger partial charge in [0.05, 0.1) is 10.5 Å². The van der Waals surface area contributed by atoms with E-state index in [1.807, 2.05) is 18.7 Å². The second-order valence-corrected chi connectivity index (χ2v) is 6.84. The van der Waals surface area contributed by atoms with Crippen LogP contribution in [0, 0.1) is 16.0 Å². The lowest BCUT2D eigenvalue weighted by Gasteiger charge is -2.21. The van der Waals surface area contributed by atoms with Gasteiger partial charge >= 0.3 is 0 Å². The summed E-state index contributed by atoms with van der Waals surface area (Å²) >= 11 is 0. The molecule has 132 valence electrons. The Kier molecular flexibility index (Phi) is 4.57. The van der Waals surface area contributed by atoms with Gasteiger partial charge in [-0.05, 0) is 36.5 Å². The van der Waals surface area contributed by atoms with Crippen LogP contribution >= 0.6 is 0 Å². The lowest BCUT2D eigenvalue weighted by atomic mass is 10.0. The van der Waals surface area contributed by atoms with E-state index in [2.05, 4.69) is 0 Å². The Balaban J connectivity index is 2.05. The number of nitro groups is 1. The first kappa shape index (κ1) is 17.1. The Morgan fingerprint density at radius 1 is 1.08 bits per heavy atom. The van der Waals surface area contributed by atoms with Crippen molar-refractivity contribution < 1.29 is 14.5 Å². The summed E-state index contributed by atoms with van der Waals surface area (Å²) in [5, 5.41) is 10.9. The molecule has 0 spiro atoms. The second-order valence-electron chi connectivity index (χ2n) is 6.84. The van der Waals surface area contributed by atoms with Crippen molar-refractivity contribution in [2.75, 3.05) is 19.6 Å². The molecule has 1 aromatic rings. The van der Waals surface area contributed by atoms with Crippen LogP contribution in [0.5, 0.6) is 0 Å². The number of rotatable bonds is 5. The van der Waals surface area contributed by atoms with Crippen LogP contribution in [0.2, 0.25) is 0 Å². The predicted octanol–water partition coefficient (Wildman–Crippen LogP) is 2.43. The Labute approximate surface area is 146 Å². The van der Waals surface area contributed by atoms with Crippen molar-refractivity contribution >= 4 is 23.1 Å². The molecule has 1 fully saturated rings. The summed E-state index contributed by atoms with van der Waals surface area (Å²) in [4.78, 5) is 39.5. The summed E-state index contributed by atoms with van der Waals surface area (Å²) in [6.07, 6.45) is 1.98. The molecule has 2 aliphatic rings. The fourth-order valence-electron chi connectivity index (χ4n) is 3.34. The maximum absolute atomic E-state index is 12.9. The largest absolute Gasteiger partial charge is 0.366 e. The van der Waals surface area contributed by atoms with Gasteiger partial charge < -0.3 is 4.90 Å². The third-order valence-corrected chi connectivity index (χ3v) is 4.48. The van der Waals surface area contributed by atoms with Gasteiger partial charge in [-0.3, -0.25) is 24.6 Å². The molecule has 0 bridgehead atoms. The number of hydrogen-bond donors (Lipinski definition) is 0. The van der Waals surface area contributed by atoms with Crippen LogP contribution in [-0.2, 0) is 9.59 Å². The molecule has 0 radical (unpaired) electrons. The average Bonchev–Trinajstić information content (AvgIpc) is 3.17. The molecule has 2 aliphatic heterocycles. The SMILES string of the molecule is CC(C)CN1C(=O)C(c2ccc([N+](=O)[O-])cc2)=C(N2CCCC2)C1=O. The summed E-state index contributed by atoms with van der Waals surface area (Å²) < 4.78 is 0. The number of carbonyl (C=O) groups excluding carboxylic acids is 2. The molecule has 1 aromatic carbocycles. The molecule has 0 aromatic heterocycles. The highest BCUT2D eigenvalue weighted by Gasteiger charge is 2.42. The second kappa shape index (κ2) is 6.66. The zero-order chi connectivity index (χ0) is 18.1. The van der Waals surface area contributed by atoms with Crippen molar-refractivity contribution in [2.45, 2.75) is 26.7 Å². The Bertz CT molecular complexity index is 746. The first-order valence-electron chi connectivity index (χ1n) is 8.50. The molecule has 7 heteroatoms. The van der Waals surface area contributed by atoms with Crippen molar-refractivity contribution in [1.82, 2.24) is 9.80 Å². The van der Waals surface area contributed by atoms with Crippen LogP contribution < -0.4 is 0 Å². The van der Waals surface area contributed by atoms with Gasteiger partial charge in [-0.15, -0.1) is 0 Å². The van der Waals surface area contributed by atoms with E-state index < -0.39 is 4.92 Å². The van der Waals surface area contributed by atoms with Gasteiger partial charge in [0.1, 0.15) is 5.70 Å². The Hall–Kier alpha value is -2.70. The van der Waals surface area contributed by atoms with Gasteiger partial charge in [0.15, 0.2) is 0 Å². The highest BCUT2D eigenvalue weighted by molar-refractivity contribution is 6.35. The van der Waals surface area contributed by atoms with E-state index in [0.29, 0.717) is 23.4 Å². The first-order valence-corrected chi connectivity index (χ1v) is 8.50. The van der Waals surface area contributed by atoms with Crippen molar-refractivity contribution in [3.05, 3.63) is 45.6 Å². The number of hydrogen-bond acceptors (Lipinski definition) is 5. The number of imide groups is 1. The maximum Gasteiger partial charge on any atom is 0.277 e. The quantitative estimate of drug-likeness (QED) is 0.466. The van der Waals surface area contributed by atoms with Crippen LogP contribution in [0.4, 0.5) is 5.69 Å². The van der Waals surface area contributed by atoms with E-state index in [4.69, 9.17) is 0 Å². The van der Waals surface area contributed by atoms with Crippen molar-refractivity contribution in [3.8, 4) is 0 Å². The van der Waals surface area contributed by atoms with E-state index >= 15 is 0 Å². The summed E-state index contributed by atoms with van der Waals surface area (Å²) in [6.45, 7) is 5.78. The lowest BCUT2D eigenvalue weighted by molar-refractivity contribution is -0.384. The van der Waals surface area contributed by atoms with E-state index in [1.165, 1.54) is 17.0 Å². The minimum Gasteiger partial charge on any atom is -0.366 e. The molecule has 1 saturated heterocycles. The fourth-order valence-corrected chi connectivity index (χ4v) is 3.34. The predicted molar refractivity (Wildman–Crippen MR) is 92.4 cm³/mol. The number of nitro benzene ring substituents is 1. The lowest BCUT2D eigenvalue weighted by Crippen LogP contribution is -2.37. The van der Waals surface area contributed by atoms with Crippen LogP contribution in [0.15, 0.2) is 30.0 Å². The number of amides is 2. The number of carbonyl (C=O) groups is 2. The smallest absolute Gasteiger partial charge is 0.277 e. The van der Waals surface area contributed by atoms with Gasteiger partial charge in [-0.1, -0.05) is 13.8 Å². The van der Waals surface area contributed by atoms with Crippen molar-refractivity contribution in [1.29, 1.82) is 0 Å². The molecule has 0 aliphatic carbocycles. The standard InChI is InChI=1S/C18H21N3O4/c1-12(2)11-20-17(22)15(13-5-7-14(8-6-13)21(24)25)16(18(20)23)19-9-3-4-10-19/h5-8,12H,3-4,9-11H2,1-2H3. The van der Waals surface area contributed by atoms with Crippen LogP contribution in [0.1, 0.15) is 32.3 Å². The number of benzene rings is 1. The third-order valence-electron chi connectivity index (χ3n) is 4.48. The zero-order valence-electron chi connectivity index (χ0n) is 14.4. The minimum atomic E-state index is -0.480. The van der Waals surface area contributed by atoms with Crippen molar-refractivity contribution in [3.63, 3.8) is 0 Å². The molecule has 0 unspecified atom stereocenters. The van der Waals surface area contributed by atoms with Gasteiger partial charge in [0.25, 0.3) is 17.5 Å². The van der Waals surface area contributed by atoms with Crippen molar-refractivity contribution in [2.24, 2.45) is 5.92 Å². The first-order chi connectivity index (χ1) is 11.9. The highest BCUT2D eigenvalue weighted by Crippen LogP contribution is 2.34. The summed E-state index contributed by atoms with van der Waals surface area (Å²) in [5.74, 6) is -0.396. The van der Waals surface area contributed by atoms with E-state index in [1.54, 1.807) is 12.1 Å². The van der Waals surface area contributed by atoms with E-state index in [-0.39, 0.29) is 23.4 Å². The van der Waals surface area contributed by atoms with Crippen LogP contribution in [0.25, 0.3) is 5.57 Å². The summed E-state index contributed by atoms with van der Waals surface area (Å²) in [5.41, 5.74) is 1.32. The van der Waals surface area contributed by atoms with Gasteiger partial charge in [0.2, 0.25) is 0 Å². The normalized spacial score (nSPS) is 18.0. The summed E-state index contributed by atoms with van der Waals surface area (Å²) in [7, 11) is 0. The average molecular weight is 343 g/mol. The number of likely N-dealkylation sites (tertiary alicyclic amines) is 1. The minimum absolute atomic E-state index is 0.0390. The monoisotopic (exact) mass is 343 g/mol. The topological polar surface area (TPSA) is 83.8 Å². The van der Waals surface area contributed by atoms with Gasteiger partial charge in [-0.25, -0.2) is 0 Å². The molecule has 2 heterocycles. The number of nitrogens with zero attached hydrogens (tertiary/aromatic N) is 3.